The number of aryl methyl sites for hydroxylation is 1. The predicted octanol–water partition coefficient (Wildman–Crippen LogP) is 1.86. The molecule has 0 spiro atoms. The molecule has 1 rings (SSSR count). The molecule has 78 valence electrons. The van der Waals surface area contributed by atoms with E-state index in [1.165, 1.54) is 11.1 Å². The summed E-state index contributed by atoms with van der Waals surface area (Å²) >= 11 is 0. The predicted molar refractivity (Wildman–Crippen MR) is 59.2 cm³/mol. The maximum atomic E-state index is 9.08. The molecule has 0 amide bonds. The highest BCUT2D eigenvalue weighted by molar-refractivity contribution is 5.25. The zero-order chi connectivity index (χ0) is 10.6. The molecule has 0 aliphatic heterocycles. The number of hydrogen-bond acceptors (Lipinski definition) is 2. The van der Waals surface area contributed by atoms with Crippen molar-refractivity contribution in [2.24, 2.45) is 0 Å². The van der Waals surface area contributed by atoms with Crippen LogP contribution in [0.15, 0.2) is 24.3 Å². The van der Waals surface area contributed by atoms with E-state index >= 15 is 0 Å². The highest BCUT2D eigenvalue weighted by Crippen LogP contribution is 2.08. The summed E-state index contributed by atoms with van der Waals surface area (Å²) in [6, 6.07) is 8.28. The Morgan fingerprint density at radius 3 is 2.50 bits per heavy atom. The van der Waals surface area contributed by atoms with Crippen molar-refractivity contribution in [3.63, 3.8) is 0 Å². The molecule has 0 aliphatic carbocycles. The van der Waals surface area contributed by atoms with E-state index in [0.717, 1.165) is 6.54 Å². The zero-order valence-electron chi connectivity index (χ0n) is 9.17. The van der Waals surface area contributed by atoms with Crippen LogP contribution in [-0.4, -0.2) is 17.3 Å². The first kappa shape index (κ1) is 11.2. The monoisotopic (exact) mass is 193 g/mol. The summed E-state index contributed by atoms with van der Waals surface area (Å²) in [5.74, 6) is 0. The zero-order valence-corrected chi connectivity index (χ0v) is 9.17. The van der Waals surface area contributed by atoms with Crippen molar-refractivity contribution >= 4 is 0 Å². The second kappa shape index (κ2) is 4.58. The van der Waals surface area contributed by atoms with Crippen molar-refractivity contribution < 1.29 is 5.11 Å². The van der Waals surface area contributed by atoms with E-state index in [9.17, 15) is 0 Å². The van der Waals surface area contributed by atoms with Crippen molar-refractivity contribution in [3.8, 4) is 0 Å². The standard InChI is InChI=1S/C12H19NO/c1-10-6-4-5-7-11(10)8-13-12(2,3)9-14/h4-7,13-14H,8-9H2,1-3H3. The molecular formula is C12H19NO. The minimum absolute atomic E-state index is 0.152. The fourth-order valence-electron chi connectivity index (χ4n) is 1.20. The quantitative estimate of drug-likeness (QED) is 0.765. The van der Waals surface area contributed by atoms with Gasteiger partial charge in [0.2, 0.25) is 0 Å². The lowest BCUT2D eigenvalue weighted by Crippen LogP contribution is -2.42. The molecule has 0 unspecified atom stereocenters. The highest BCUT2D eigenvalue weighted by Gasteiger charge is 2.14. The minimum atomic E-state index is -0.206. The Hall–Kier alpha value is -0.860. The van der Waals surface area contributed by atoms with Gasteiger partial charge in [0.1, 0.15) is 0 Å². The minimum Gasteiger partial charge on any atom is -0.394 e. The Bertz CT molecular complexity index is 294. The molecule has 0 aromatic heterocycles. The summed E-state index contributed by atoms with van der Waals surface area (Å²) in [6.07, 6.45) is 0. The second-order valence-electron chi connectivity index (χ2n) is 4.32. The summed E-state index contributed by atoms with van der Waals surface area (Å²) in [7, 11) is 0. The van der Waals surface area contributed by atoms with Gasteiger partial charge in [-0.2, -0.15) is 0 Å². The van der Waals surface area contributed by atoms with Crippen LogP contribution in [0.4, 0.5) is 0 Å². The molecule has 2 N–H and O–H groups in total. The van der Waals surface area contributed by atoms with E-state index in [1.807, 2.05) is 26.0 Å². The molecule has 0 saturated heterocycles. The Labute approximate surface area is 86.0 Å². The van der Waals surface area contributed by atoms with E-state index in [2.05, 4.69) is 24.4 Å². The van der Waals surface area contributed by atoms with Gasteiger partial charge < -0.3 is 10.4 Å². The molecule has 2 nitrogen and oxygen atoms in total. The Morgan fingerprint density at radius 2 is 1.93 bits per heavy atom. The van der Waals surface area contributed by atoms with Gasteiger partial charge in [0.15, 0.2) is 0 Å². The van der Waals surface area contributed by atoms with Crippen LogP contribution in [0.3, 0.4) is 0 Å². The van der Waals surface area contributed by atoms with Gasteiger partial charge in [-0.3, -0.25) is 0 Å². The van der Waals surface area contributed by atoms with Crippen molar-refractivity contribution in [2.75, 3.05) is 6.61 Å². The Kier molecular flexibility index (Phi) is 3.67. The lowest BCUT2D eigenvalue weighted by Gasteiger charge is -2.24. The van der Waals surface area contributed by atoms with Gasteiger partial charge in [-0.1, -0.05) is 24.3 Å². The van der Waals surface area contributed by atoms with Crippen molar-refractivity contribution in [1.82, 2.24) is 5.32 Å². The molecule has 0 saturated carbocycles. The summed E-state index contributed by atoms with van der Waals surface area (Å²) in [6.45, 7) is 7.04. The lowest BCUT2D eigenvalue weighted by atomic mass is 10.0. The van der Waals surface area contributed by atoms with Gasteiger partial charge in [0.25, 0.3) is 0 Å². The van der Waals surface area contributed by atoms with E-state index < -0.39 is 0 Å². The van der Waals surface area contributed by atoms with E-state index in [0.29, 0.717) is 0 Å². The molecule has 0 fully saturated rings. The van der Waals surface area contributed by atoms with Gasteiger partial charge in [0.05, 0.1) is 6.61 Å². The Balaban J connectivity index is 2.58. The second-order valence-corrected chi connectivity index (χ2v) is 4.32. The molecule has 1 aromatic rings. The SMILES string of the molecule is Cc1ccccc1CNC(C)(C)CO. The molecule has 0 heterocycles. The Morgan fingerprint density at radius 1 is 1.29 bits per heavy atom. The molecule has 0 aliphatic rings. The van der Waals surface area contributed by atoms with Gasteiger partial charge in [0, 0.05) is 12.1 Å². The van der Waals surface area contributed by atoms with Gasteiger partial charge >= 0.3 is 0 Å². The van der Waals surface area contributed by atoms with Gasteiger partial charge in [-0.05, 0) is 31.9 Å². The average molecular weight is 193 g/mol. The normalized spacial score (nSPS) is 11.7. The summed E-state index contributed by atoms with van der Waals surface area (Å²) in [4.78, 5) is 0. The van der Waals surface area contributed by atoms with Crippen LogP contribution >= 0.6 is 0 Å². The third kappa shape index (κ3) is 3.13. The van der Waals surface area contributed by atoms with Crippen LogP contribution in [0, 0.1) is 6.92 Å². The van der Waals surface area contributed by atoms with Crippen LogP contribution in [0.2, 0.25) is 0 Å². The first-order valence-electron chi connectivity index (χ1n) is 4.95. The molecule has 0 bridgehead atoms. The third-order valence-corrected chi connectivity index (χ3v) is 2.41. The number of rotatable bonds is 4. The number of benzene rings is 1. The first-order valence-corrected chi connectivity index (χ1v) is 4.95. The average Bonchev–Trinajstić information content (AvgIpc) is 2.17. The van der Waals surface area contributed by atoms with Crippen molar-refractivity contribution in [1.29, 1.82) is 0 Å². The maximum Gasteiger partial charge on any atom is 0.0607 e. The topological polar surface area (TPSA) is 32.3 Å². The van der Waals surface area contributed by atoms with Gasteiger partial charge in [-0.15, -0.1) is 0 Å². The first-order chi connectivity index (χ1) is 6.55. The van der Waals surface area contributed by atoms with Crippen LogP contribution in [0.25, 0.3) is 0 Å². The smallest absolute Gasteiger partial charge is 0.0607 e. The van der Waals surface area contributed by atoms with E-state index in [4.69, 9.17) is 5.11 Å². The summed E-state index contributed by atoms with van der Waals surface area (Å²) in [5.41, 5.74) is 2.37. The van der Waals surface area contributed by atoms with Gasteiger partial charge in [-0.25, -0.2) is 0 Å². The highest BCUT2D eigenvalue weighted by atomic mass is 16.3. The fraction of sp³-hybridized carbons (Fsp3) is 0.500. The van der Waals surface area contributed by atoms with Crippen LogP contribution in [-0.2, 0) is 6.54 Å². The van der Waals surface area contributed by atoms with E-state index in [-0.39, 0.29) is 12.1 Å². The molecule has 0 radical (unpaired) electrons. The number of nitrogens with one attached hydrogen (secondary N) is 1. The number of hydrogen-bond donors (Lipinski definition) is 2. The summed E-state index contributed by atoms with van der Waals surface area (Å²) in [5, 5.41) is 12.4. The largest absolute Gasteiger partial charge is 0.394 e. The maximum absolute atomic E-state index is 9.08. The van der Waals surface area contributed by atoms with Crippen molar-refractivity contribution in [2.45, 2.75) is 32.9 Å². The van der Waals surface area contributed by atoms with E-state index in [1.54, 1.807) is 0 Å². The van der Waals surface area contributed by atoms with Crippen LogP contribution in [0.5, 0.6) is 0 Å². The molecule has 1 aromatic carbocycles. The number of aliphatic hydroxyl groups excluding tert-OH is 1. The third-order valence-electron chi connectivity index (χ3n) is 2.41. The van der Waals surface area contributed by atoms with Crippen LogP contribution in [0.1, 0.15) is 25.0 Å². The lowest BCUT2D eigenvalue weighted by molar-refractivity contribution is 0.187. The van der Waals surface area contributed by atoms with Crippen LogP contribution < -0.4 is 5.32 Å². The fourth-order valence-corrected chi connectivity index (χ4v) is 1.20. The summed E-state index contributed by atoms with van der Waals surface area (Å²) < 4.78 is 0. The molecule has 2 heteroatoms. The van der Waals surface area contributed by atoms with Crippen molar-refractivity contribution in [3.05, 3.63) is 35.4 Å². The molecular weight excluding hydrogens is 174 g/mol. The molecule has 0 atom stereocenters. The number of aliphatic hydroxyl groups is 1. The molecule has 14 heavy (non-hydrogen) atoms.